The molecule has 2 aromatic carbocycles. The first-order valence-corrected chi connectivity index (χ1v) is 8.70. The molecular formula is C21H17F3N2O3. The number of nitrogens with one attached hydrogen (secondary N) is 1. The lowest BCUT2D eigenvalue weighted by Gasteiger charge is -2.11. The summed E-state index contributed by atoms with van der Waals surface area (Å²) in [7, 11) is 0. The molecule has 0 aliphatic heterocycles. The van der Waals surface area contributed by atoms with Crippen molar-refractivity contribution >= 4 is 5.91 Å². The van der Waals surface area contributed by atoms with Gasteiger partial charge in [-0.3, -0.25) is 9.78 Å². The largest absolute Gasteiger partial charge is 0.573 e. The van der Waals surface area contributed by atoms with Crippen LogP contribution in [0, 0.1) is 0 Å². The SMILES string of the molecule is O=C(NCCc1cccc(Oc2cccnc2)c1)c1cccc(OC(F)(F)F)c1. The van der Waals surface area contributed by atoms with E-state index in [9.17, 15) is 18.0 Å². The first-order chi connectivity index (χ1) is 13.9. The first kappa shape index (κ1) is 20.2. The molecule has 0 saturated heterocycles. The zero-order chi connectivity index (χ0) is 20.7. The smallest absolute Gasteiger partial charge is 0.456 e. The highest BCUT2D eigenvalue weighted by atomic mass is 19.4. The zero-order valence-electron chi connectivity index (χ0n) is 15.1. The number of carbonyl (C=O) groups excluding carboxylic acids is 1. The van der Waals surface area contributed by atoms with E-state index in [1.165, 1.54) is 12.1 Å². The van der Waals surface area contributed by atoms with Crippen LogP contribution in [0.15, 0.2) is 73.1 Å². The molecule has 8 heteroatoms. The Bertz CT molecular complexity index is 963. The molecule has 1 heterocycles. The number of amides is 1. The number of halogens is 3. The summed E-state index contributed by atoms with van der Waals surface area (Å²) >= 11 is 0. The Kier molecular flexibility index (Phi) is 6.33. The van der Waals surface area contributed by atoms with Crippen LogP contribution >= 0.6 is 0 Å². The third-order valence-corrected chi connectivity index (χ3v) is 3.80. The number of aromatic nitrogens is 1. The maximum atomic E-state index is 12.3. The molecule has 0 radical (unpaired) electrons. The van der Waals surface area contributed by atoms with Gasteiger partial charge in [0.15, 0.2) is 0 Å². The molecule has 29 heavy (non-hydrogen) atoms. The highest BCUT2D eigenvalue weighted by Crippen LogP contribution is 2.23. The molecule has 0 saturated carbocycles. The molecule has 5 nitrogen and oxygen atoms in total. The summed E-state index contributed by atoms with van der Waals surface area (Å²) in [6.07, 6.45) is -1.03. The van der Waals surface area contributed by atoms with E-state index in [0.717, 1.165) is 17.7 Å². The number of rotatable bonds is 7. The lowest BCUT2D eigenvalue weighted by Crippen LogP contribution is -2.26. The van der Waals surface area contributed by atoms with Crippen molar-refractivity contribution in [2.24, 2.45) is 0 Å². The average molecular weight is 402 g/mol. The Morgan fingerprint density at radius 1 is 0.966 bits per heavy atom. The van der Waals surface area contributed by atoms with Gasteiger partial charge in [-0.1, -0.05) is 18.2 Å². The fraction of sp³-hybridized carbons (Fsp3) is 0.143. The Balaban J connectivity index is 1.54. The lowest BCUT2D eigenvalue weighted by molar-refractivity contribution is -0.274. The van der Waals surface area contributed by atoms with Crippen molar-refractivity contribution in [3.8, 4) is 17.2 Å². The molecule has 0 unspecified atom stereocenters. The van der Waals surface area contributed by atoms with Crippen LogP contribution in [-0.2, 0) is 6.42 Å². The van der Waals surface area contributed by atoms with Crippen LogP contribution in [0.25, 0.3) is 0 Å². The number of nitrogens with zero attached hydrogens (tertiary/aromatic N) is 1. The average Bonchev–Trinajstić information content (AvgIpc) is 2.68. The van der Waals surface area contributed by atoms with E-state index in [1.54, 1.807) is 30.6 Å². The highest BCUT2D eigenvalue weighted by Gasteiger charge is 2.31. The van der Waals surface area contributed by atoms with Gasteiger partial charge < -0.3 is 14.8 Å². The molecule has 0 aliphatic carbocycles. The number of hydrogen-bond donors (Lipinski definition) is 1. The van der Waals surface area contributed by atoms with Gasteiger partial charge in [0.2, 0.25) is 0 Å². The summed E-state index contributed by atoms with van der Waals surface area (Å²) in [5.41, 5.74) is 1.02. The molecule has 1 amide bonds. The fourth-order valence-corrected chi connectivity index (χ4v) is 2.56. The number of alkyl halides is 3. The lowest BCUT2D eigenvalue weighted by atomic mass is 10.1. The Morgan fingerprint density at radius 2 is 1.72 bits per heavy atom. The molecule has 0 bridgehead atoms. The van der Waals surface area contributed by atoms with E-state index in [1.807, 2.05) is 18.2 Å². The van der Waals surface area contributed by atoms with E-state index in [2.05, 4.69) is 15.0 Å². The third kappa shape index (κ3) is 6.53. The quantitative estimate of drug-likeness (QED) is 0.620. The monoisotopic (exact) mass is 402 g/mol. The fourth-order valence-electron chi connectivity index (χ4n) is 2.56. The normalized spacial score (nSPS) is 11.0. The molecule has 1 N–H and O–H groups in total. The van der Waals surface area contributed by atoms with Gasteiger partial charge >= 0.3 is 6.36 Å². The van der Waals surface area contributed by atoms with Gasteiger partial charge in [-0.2, -0.15) is 0 Å². The molecule has 0 atom stereocenters. The maximum Gasteiger partial charge on any atom is 0.573 e. The second-order valence-electron chi connectivity index (χ2n) is 6.02. The third-order valence-electron chi connectivity index (χ3n) is 3.80. The van der Waals surface area contributed by atoms with Crippen LogP contribution < -0.4 is 14.8 Å². The van der Waals surface area contributed by atoms with Crippen LogP contribution in [-0.4, -0.2) is 23.8 Å². The Labute approximate surface area is 165 Å². The van der Waals surface area contributed by atoms with Crippen molar-refractivity contribution in [1.29, 1.82) is 0 Å². The molecule has 0 spiro atoms. The molecule has 0 fully saturated rings. The molecule has 150 valence electrons. The van der Waals surface area contributed by atoms with Crippen LogP contribution in [0.5, 0.6) is 17.2 Å². The standard InChI is InChI=1S/C21H17F3N2O3/c22-21(23,24)29-18-7-2-5-16(13-18)20(27)26-11-9-15-4-1-6-17(12-15)28-19-8-3-10-25-14-19/h1-8,10,12-14H,9,11H2,(H,26,27). The topological polar surface area (TPSA) is 60.5 Å². The molecule has 1 aromatic heterocycles. The van der Waals surface area contributed by atoms with Crippen LogP contribution in [0.4, 0.5) is 13.2 Å². The van der Waals surface area contributed by atoms with Crippen LogP contribution in [0.2, 0.25) is 0 Å². The van der Waals surface area contributed by atoms with Gasteiger partial charge in [0, 0.05) is 18.3 Å². The number of carbonyl (C=O) groups is 1. The molecule has 0 aliphatic rings. The van der Waals surface area contributed by atoms with E-state index in [-0.39, 0.29) is 5.56 Å². The summed E-state index contributed by atoms with van der Waals surface area (Å²) in [4.78, 5) is 16.2. The first-order valence-electron chi connectivity index (χ1n) is 8.70. The predicted octanol–water partition coefficient (Wildman–Crippen LogP) is 4.75. The maximum absolute atomic E-state index is 12.3. The van der Waals surface area contributed by atoms with Gasteiger partial charge in [0.1, 0.15) is 17.2 Å². The van der Waals surface area contributed by atoms with Crippen LogP contribution in [0.3, 0.4) is 0 Å². The molecular weight excluding hydrogens is 385 g/mol. The number of benzene rings is 2. The van der Waals surface area contributed by atoms with Gasteiger partial charge in [-0.25, -0.2) is 0 Å². The van der Waals surface area contributed by atoms with Gasteiger partial charge in [0.05, 0.1) is 6.20 Å². The molecule has 3 aromatic rings. The van der Waals surface area contributed by atoms with Gasteiger partial charge in [-0.15, -0.1) is 13.2 Å². The minimum atomic E-state index is -4.81. The molecule has 3 rings (SSSR count). The van der Waals surface area contributed by atoms with E-state index in [0.29, 0.717) is 24.5 Å². The van der Waals surface area contributed by atoms with Crippen molar-refractivity contribution in [2.45, 2.75) is 12.8 Å². The van der Waals surface area contributed by atoms with Crippen molar-refractivity contribution in [2.75, 3.05) is 6.54 Å². The summed E-state index contributed by atoms with van der Waals surface area (Å²) in [6, 6.07) is 15.9. The highest BCUT2D eigenvalue weighted by molar-refractivity contribution is 5.94. The van der Waals surface area contributed by atoms with Crippen LogP contribution in [0.1, 0.15) is 15.9 Å². The second-order valence-corrected chi connectivity index (χ2v) is 6.02. The van der Waals surface area contributed by atoms with Gasteiger partial charge in [-0.05, 0) is 54.4 Å². The second kappa shape index (κ2) is 9.09. The minimum Gasteiger partial charge on any atom is -0.456 e. The number of ether oxygens (including phenoxy) is 2. The van der Waals surface area contributed by atoms with E-state index < -0.39 is 18.0 Å². The van der Waals surface area contributed by atoms with Crippen molar-refractivity contribution < 1.29 is 27.4 Å². The summed E-state index contributed by atoms with van der Waals surface area (Å²) in [6.45, 7) is 0.305. The number of hydrogen-bond acceptors (Lipinski definition) is 4. The Hall–Kier alpha value is -3.55. The van der Waals surface area contributed by atoms with Crippen molar-refractivity contribution in [3.63, 3.8) is 0 Å². The number of pyridine rings is 1. The summed E-state index contributed by atoms with van der Waals surface area (Å²) in [5.74, 6) is 0.323. The van der Waals surface area contributed by atoms with E-state index in [4.69, 9.17) is 4.74 Å². The summed E-state index contributed by atoms with van der Waals surface area (Å²) < 4.78 is 46.4. The summed E-state index contributed by atoms with van der Waals surface area (Å²) in [5, 5.41) is 2.68. The Morgan fingerprint density at radius 3 is 2.48 bits per heavy atom. The minimum absolute atomic E-state index is 0.0837. The van der Waals surface area contributed by atoms with E-state index >= 15 is 0 Å². The predicted molar refractivity (Wildman–Crippen MR) is 99.9 cm³/mol. The zero-order valence-corrected chi connectivity index (χ0v) is 15.1. The van der Waals surface area contributed by atoms with Crippen molar-refractivity contribution in [1.82, 2.24) is 10.3 Å². The van der Waals surface area contributed by atoms with Crippen molar-refractivity contribution in [3.05, 3.63) is 84.2 Å². The van der Waals surface area contributed by atoms with Gasteiger partial charge in [0.25, 0.3) is 5.91 Å².